The van der Waals surface area contributed by atoms with Crippen LogP contribution in [-0.2, 0) is 28.4 Å². The van der Waals surface area contributed by atoms with Gasteiger partial charge in [0.15, 0.2) is 0 Å². The second-order valence-corrected chi connectivity index (χ2v) is 9.50. The van der Waals surface area contributed by atoms with E-state index in [-0.39, 0.29) is 12.2 Å². The Hall–Kier alpha value is -2.88. The van der Waals surface area contributed by atoms with Crippen LogP contribution in [0.1, 0.15) is 11.3 Å². The molecule has 1 N–H and O–H groups in total. The average molecular weight is 463 g/mol. The van der Waals surface area contributed by atoms with Gasteiger partial charge in [0.05, 0.1) is 24.2 Å². The number of benzene rings is 2. The summed E-state index contributed by atoms with van der Waals surface area (Å²) >= 11 is 6.14. The summed E-state index contributed by atoms with van der Waals surface area (Å²) in [5.74, 6) is -0.622. The smallest absolute Gasteiger partial charge is 0.295 e. The predicted molar refractivity (Wildman–Crippen MR) is 121 cm³/mol. The summed E-state index contributed by atoms with van der Waals surface area (Å²) in [6.45, 7) is 1.19. The highest BCUT2D eigenvalue weighted by Crippen LogP contribution is 2.19. The van der Waals surface area contributed by atoms with Crippen LogP contribution < -0.4 is 10.9 Å². The summed E-state index contributed by atoms with van der Waals surface area (Å²) < 4.78 is 28.6. The van der Waals surface area contributed by atoms with Crippen LogP contribution in [0.25, 0.3) is 5.69 Å². The lowest BCUT2D eigenvalue weighted by molar-refractivity contribution is -0.116. The van der Waals surface area contributed by atoms with Gasteiger partial charge in [0.1, 0.15) is 5.69 Å². The number of aromatic nitrogens is 2. The van der Waals surface area contributed by atoms with Crippen molar-refractivity contribution in [2.75, 3.05) is 18.1 Å². The van der Waals surface area contributed by atoms with E-state index in [2.05, 4.69) is 5.32 Å². The Morgan fingerprint density at radius 1 is 1.10 bits per heavy atom. The highest BCUT2D eigenvalue weighted by molar-refractivity contribution is 7.88. The van der Waals surface area contributed by atoms with Crippen LogP contribution in [0, 0.1) is 6.92 Å². The van der Waals surface area contributed by atoms with Gasteiger partial charge in [-0.25, -0.2) is 13.1 Å². The largest absolute Gasteiger partial charge is 0.319 e. The number of hydrogen-bond donors (Lipinski definition) is 1. The third-order valence-corrected chi connectivity index (χ3v) is 6.48. The van der Waals surface area contributed by atoms with Crippen molar-refractivity contribution in [2.45, 2.75) is 13.5 Å². The van der Waals surface area contributed by atoms with Crippen molar-refractivity contribution in [3.63, 3.8) is 0 Å². The molecule has 1 heterocycles. The van der Waals surface area contributed by atoms with Gasteiger partial charge < -0.3 is 5.32 Å². The molecule has 1 aromatic heterocycles. The molecule has 31 heavy (non-hydrogen) atoms. The molecule has 164 valence electrons. The molecule has 3 rings (SSSR count). The van der Waals surface area contributed by atoms with Crippen molar-refractivity contribution < 1.29 is 13.2 Å². The van der Waals surface area contributed by atoms with Gasteiger partial charge >= 0.3 is 0 Å². The Balaban J connectivity index is 1.85. The van der Waals surface area contributed by atoms with Crippen molar-refractivity contribution in [1.29, 1.82) is 0 Å². The van der Waals surface area contributed by atoms with Crippen molar-refractivity contribution in [1.82, 2.24) is 13.7 Å². The number of carbonyl (C=O) groups excluding carboxylic acids is 1. The van der Waals surface area contributed by atoms with Gasteiger partial charge in [0.25, 0.3) is 5.56 Å². The maximum Gasteiger partial charge on any atom is 0.295 e. The van der Waals surface area contributed by atoms with E-state index in [1.807, 2.05) is 6.07 Å². The number of nitrogens with one attached hydrogen (secondary N) is 1. The van der Waals surface area contributed by atoms with Gasteiger partial charge in [-0.1, -0.05) is 48.0 Å². The van der Waals surface area contributed by atoms with Crippen LogP contribution in [0.4, 0.5) is 5.69 Å². The minimum Gasteiger partial charge on any atom is -0.319 e. The lowest BCUT2D eigenvalue weighted by Crippen LogP contribution is -2.37. The number of halogens is 1. The average Bonchev–Trinajstić information content (AvgIpc) is 2.92. The third kappa shape index (κ3) is 5.07. The highest BCUT2D eigenvalue weighted by Gasteiger charge is 2.24. The molecule has 0 spiro atoms. The van der Waals surface area contributed by atoms with Crippen LogP contribution in [0.3, 0.4) is 0 Å². The quantitative estimate of drug-likeness (QED) is 0.584. The second kappa shape index (κ2) is 9.09. The van der Waals surface area contributed by atoms with Gasteiger partial charge in [0, 0.05) is 18.6 Å². The van der Waals surface area contributed by atoms with Crippen molar-refractivity contribution >= 4 is 33.2 Å². The standard InChI is InChI=1S/C21H23ClN4O4S/c1-15-20(21(28)26(24(15)2)17-10-5-4-6-11-17)23-19(27)14-25(31(3,29)30)13-16-9-7-8-12-18(16)22/h4-12H,13-14H2,1-3H3,(H,23,27). The summed E-state index contributed by atoms with van der Waals surface area (Å²) in [6.07, 6.45) is 1.02. The molecule has 0 fully saturated rings. The number of hydrogen-bond acceptors (Lipinski definition) is 4. The summed E-state index contributed by atoms with van der Waals surface area (Å²) in [7, 11) is -2.00. The minimum absolute atomic E-state index is 0.0616. The molecule has 2 aromatic carbocycles. The fourth-order valence-electron chi connectivity index (χ4n) is 3.16. The molecule has 0 aliphatic rings. The molecule has 0 saturated heterocycles. The molecule has 3 aromatic rings. The topological polar surface area (TPSA) is 93.4 Å². The van der Waals surface area contributed by atoms with E-state index in [1.54, 1.807) is 67.2 Å². The van der Waals surface area contributed by atoms with E-state index in [1.165, 1.54) is 4.68 Å². The first-order valence-electron chi connectivity index (χ1n) is 9.42. The van der Waals surface area contributed by atoms with E-state index in [9.17, 15) is 18.0 Å². The maximum atomic E-state index is 12.9. The van der Waals surface area contributed by atoms with Crippen LogP contribution in [0.5, 0.6) is 0 Å². The molecule has 0 unspecified atom stereocenters. The number of amides is 1. The lowest BCUT2D eigenvalue weighted by Gasteiger charge is -2.20. The zero-order valence-corrected chi connectivity index (χ0v) is 18.9. The maximum absolute atomic E-state index is 12.9. The van der Waals surface area contributed by atoms with E-state index in [4.69, 9.17) is 11.6 Å². The van der Waals surface area contributed by atoms with Crippen molar-refractivity contribution in [3.05, 3.63) is 81.2 Å². The van der Waals surface area contributed by atoms with Crippen LogP contribution in [-0.4, -0.2) is 40.8 Å². The van der Waals surface area contributed by atoms with Gasteiger partial charge in [-0.2, -0.15) is 4.31 Å². The summed E-state index contributed by atoms with van der Waals surface area (Å²) in [5.41, 5.74) is 1.46. The zero-order chi connectivity index (χ0) is 22.8. The van der Waals surface area contributed by atoms with Gasteiger partial charge in [-0.15, -0.1) is 0 Å². The number of nitrogens with zero attached hydrogens (tertiary/aromatic N) is 3. The van der Waals surface area contributed by atoms with E-state index in [0.717, 1.165) is 10.6 Å². The molecule has 1 amide bonds. The van der Waals surface area contributed by atoms with Gasteiger partial charge in [-0.3, -0.25) is 14.3 Å². The molecule has 0 aliphatic carbocycles. The molecule has 8 nitrogen and oxygen atoms in total. The summed E-state index contributed by atoms with van der Waals surface area (Å²) in [5, 5.41) is 2.98. The molecule has 0 radical (unpaired) electrons. The normalized spacial score (nSPS) is 11.6. The molecule has 0 aliphatic heterocycles. The number of rotatable bonds is 7. The Kier molecular flexibility index (Phi) is 6.68. The lowest BCUT2D eigenvalue weighted by atomic mass is 10.2. The minimum atomic E-state index is -3.71. The Morgan fingerprint density at radius 3 is 2.32 bits per heavy atom. The first-order valence-corrected chi connectivity index (χ1v) is 11.6. The third-order valence-electron chi connectivity index (χ3n) is 4.91. The molecule has 0 saturated carbocycles. The first kappa shape index (κ1) is 22.8. The molecule has 0 bridgehead atoms. The number of sulfonamides is 1. The van der Waals surface area contributed by atoms with E-state index < -0.39 is 28.0 Å². The molecular formula is C21H23ClN4O4S. The number of anilines is 1. The Morgan fingerprint density at radius 2 is 1.71 bits per heavy atom. The van der Waals surface area contributed by atoms with Gasteiger partial charge in [-0.05, 0) is 30.7 Å². The zero-order valence-electron chi connectivity index (χ0n) is 17.4. The molecule has 0 atom stereocenters. The van der Waals surface area contributed by atoms with Crippen LogP contribution in [0.15, 0.2) is 59.4 Å². The number of para-hydroxylation sites is 1. The van der Waals surface area contributed by atoms with Crippen LogP contribution in [0.2, 0.25) is 5.02 Å². The van der Waals surface area contributed by atoms with Gasteiger partial charge in [0.2, 0.25) is 15.9 Å². The first-order chi connectivity index (χ1) is 14.6. The highest BCUT2D eigenvalue weighted by atomic mass is 35.5. The monoisotopic (exact) mass is 462 g/mol. The Labute approximate surface area is 185 Å². The fourth-order valence-corrected chi connectivity index (χ4v) is 4.08. The summed E-state index contributed by atoms with van der Waals surface area (Å²) in [4.78, 5) is 25.6. The van der Waals surface area contributed by atoms with Crippen LogP contribution >= 0.6 is 11.6 Å². The summed E-state index contributed by atoms with van der Waals surface area (Å²) in [6, 6.07) is 15.8. The van der Waals surface area contributed by atoms with E-state index >= 15 is 0 Å². The van der Waals surface area contributed by atoms with Crippen molar-refractivity contribution in [3.8, 4) is 5.69 Å². The predicted octanol–water partition coefficient (Wildman–Crippen LogP) is 2.54. The van der Waals surface area contributed by atoms with E-state index in [0.29, 0.717) is 22.0 Å². The SMILES string of the molecule is Cc1c(NC(=O)CN(Cc2ccccc2Cl)S(C)(=O)=O)c(=O)n(-c2ccccc2)n1C. The Bertz CT molecular complexity index is 1270. The van der Waals surface area contributed by atoms with Crippen molar-refractivity contribution in [2.24, 2.45) is 7.05 Å². The number of carbonyl (C=O) groups is 1. The molecule has 10 heteroatoms. The fraction of sp³-hybridized carbons (Fsp3) is 0.238. The second-order valence-electron chi connectivity index (χ2n) is 7.11. The molecular weight excluding hydrogens is 440 g/mol.